The molecule has 2 rings (SSSR count). The second-order valence-corrected chi connectivity index (χ2v) is 14.9. The molecule has 0 aromatic heterocycles. The second-order valence-electron chi connectivity index (χ2n) is 7.11. The average molecular weight is 451 g/mol. The van der Waals surface area contributed by atoms with Gasteiger partial charge in [0.2, 0.25) is 0 Å². The fourth-order valence-corrected chi connectivity index (χ4v) is 12.3. The molecule has 1 atom stereocenters. The molecule has 0 saturated heterocycles. The Morgan fingerprint density at radius 2 is 1.28 bits per heavy atom. The number of rotatable bonds is 12. The van der Waals surface area contributed by atoms with Crippen molar-refractivity contribution < 1.29 is 5.48 Å². The molecule has 0 fully saturated rings. The van der Waals surface area contributed by atoms with E-state index in [1.807, 2.05) is 0 Å². The molecule has 0 bridgehead atoms. The monoisotopic (exact) mass is 450 g/mol. The van der Waals surface area contributed by atoms with Crippen LogP contribution in [-0.4, -0.2) is 25.7 Å². The summed E-state index contributed by atoms with van der Waals surface area (Å²) in [5.74, 6) is 0. The zero-order chi connectivity index (χ0) is 17.0. The first kappa shape index (κ1) is 22.5. The Bertz CT molecular complexity index is 576. The summed E-state index contributed by atoms with van der Waals surface area (Å²) in [6.07, 6.45) is 12.9. The summed E-state index contributed by atoms with van der Waals surface area (Å²) in [4.78, 5) is 0. The van der Waals surface area contributed by atoms with Crippen LogP contribution in [0.1, 0.15) is 71.6 Å². The third kappa shape index (κ3) is 7.71. The molecule has 140 valence electrons. The van der Waals surface area contributed by atoms with Gasteiger partial charge < -0.3 is 5.48 Å². The third-order valence-electron chi connectivity index (χ3n) is 5.05. The minimum atomic E-state index is -1.46. The molecule has 2 aromatic rings. The molecule has 0 radical (unpaired) electrons. The van der Waals surface area contributed by atoms with Crippen LogP contribution in [0.5, 0.6) is 0 Å². The predicted octanol–water partition coefficient (Wildman–Crippen LogP) is 6.65. The standard InChI is InChI=1S/C10H7.C10H21.C3H7.H2O.Sb.H/c1-2-6-10-8-4-3-7-9(10)5-1;1-3-5-7-9-10-8-6-4-2;1-3-2;;;/h1-7H;1,3-10H2,2H3;1,3H2,2H3;1H2;;/q;;;;+1;/p-1. The molecule has 1 nitrogen and oxygen atoms in total. The van der Waals surface area contributed by atoms with E-state index in [1.54, 1.807) is 13.3 Å². The molecular weight excluding hydrogens is 414 g/mol. The molecule has 1 unspecified atom stereocenters. The van der Waals surface area contributed by atoms with Gasteiger partial charge >= 0.3 is 157 Å². The zero-order valence-electron chi connectivity index (χ0n) is 16.3. The van der Waals surface area contributed by atoms with Gasteiger partial charge in [0.05, 0.1) is 0 Å². The molecule has 0 spiro atoms. The second kappa shape index (κ2) is 13.7. The fraction of sp³-hybridized carbons (Fsp3) is 0.565. The minimum absolute atomic E-state index is 0. The Morgan fingerprint density at radius 3 is 2.00 bits per heavy atom. The summed E-state index contributed by atoms with van der Waals surface area (Å²) < 4.78 is 4.85. The SMILES string of the molecule is CCCCCCCCC[CH2][SbH+]([CH2]CC)[c]1cccc2ccccc12.[OH-]. The summed E-state index contributed by atoms with van der Waals surface area (Å²) >= 11 is -1.46. The maximum absolute atomic E-state index is 2.46. The van der Waals surface area contributed by atoms with Crippen LogP contribution < -0.4 is 3.51 Å². The van der Waals surface area contributed by atoms with E-state index < -0.39 is 20.2 Å². The Labute approximate surface area is 162 Å². The van der Waals surface area contributed by atoms with E-state index in [1.165, 1.54) is 67.5 Å². The first-order valence-corrected chi connectivity index (χ1v) is 15.7. The van der Waals surface area contributed by atoms with E-state index in [2.05, 4.69) is 56.3 Å². The van der Waals surface area contributed by atoms with Crippen LogP contribution in [0.3, 0.4) is 0 Å². The third-order valence-corrected chi connectivity index (χ3v) is 14.4. The Kier molecular flexibility index (Phi) is 12.3. The van der Waals surface area contributed by atoms with E-state index in [0.29, 0.717) is 0 Å². The first-order valence-electron chi connectivity index (χ1n) is 10.2. The zero-order valence-corrected chi connectivity index (χ0v) is 19.1. The van der Waals surface area contributed by atoms with Crippen LogP contribution in [-0.2, 0) is 0 Å². The molecule has 0 amide bonds. The number of hydrogen-bond donors (Lipinski definition) is 0. The van der Waals surface area contributed by atoms with Crippen molar-refractivity contribution in [1.29, 1.82) is 0 Å². The summed E-state index contributed by atoms with van der Waals surface area (Å²) in [6, 6.07) is 16.1. The van der Waals surface area contributed by atoms with Crippen molar-refractivity contribution >= 4 is 34.5 Å². The Balaban J connectivity index is 0.00000312. The van der Waals surface area contributed by atoms with E-state index in [0.717, 1.165) is 0 Å². The van der Waals surface area contributed by atoms with Crippen molar-refractivity contribution in [3.63, 3.8) is 0 Å². The van der Waals surface area contributed by atoms with Gasteiger partial charge in [-0.05, 0) is 0 Å². The van der Waals surface area contributed by atoms with Gasteiger partial charge in [-0.3, -0.25) is 0 Å². The summed E-state index contributed by atoms with van der Waals surface area (Å²) in [7, 11) is 0. The van der Waals surface area contributed by atoms with Crippen LogP contribution in [0.15, 0.2) is 42.5 Å². The van der Waals surface area contributed by atoms with Crippen molar-refractivity contribution in [2.75, 3.05) is 0 Å². The van der Waals surface area contributed by atoms with Gasteiger partial charge in [-0.2, -0.15) is 0 Å². The topological polar surface area (TPSA) is 30.0 Å². The van der Waals surface area contributed by atoms with Crippen molar-refractivity contribution in [2.45, 2.75) is 80.4 Å². The molecule has 0 aliphatic rings. The molecule has 0 aliphatic heterocycles. The molecule has 2 aromatic carbocycles. The number of benzene rings is 2. The number of unbranched alkanes of at least 4 members (excludes halogenated alkanes) is 7. The predicted molar refractivity (Wildman–Crippen MR) is 115 cm³/mol. The first-order chi connectivity index (χ1) is 11.9. The average Bonchev–Trinajstić information content (AvgIpc) is 2.62. The van der Waals surface area contributed by atoms with Gasteiger partial charge in [0, 0.05) is 0 Å². The van der Waals surface area contributed by atoms with Crippen LogP contribution in [0.4, 0.5) is 0 Å². The van der Waals surface area contributed by atoms with Crippen molar-refractivity contribution in [1.82, 2.24) is 0 Å². The van der Waals surface area contributed by atoms with Crippen LogP contribution in [0.2, 0.25) is 8.73 Å². The van der Waals surface area contributed by atoms with Crippen LogP contribution >= 0.6 is 0 Å². The van der Waals surface area contributed by atoms with Crippen molar-refractivity contribution in [2.24, 2.45) is 0 Å². The Morgan fingerprint density at radius 1 is 0.640 bits per heavy atom. The van der Waals surface area contributed by atoms with Crippen molar-refractivity contribution in [3.05, 3.63) is 42.5 Å². The van der Waals surface area contributed by atoms with E-state index in [4.69, 9.17) is 0 Å². The smallest absolute Gasteiger partial charge is 0.870 e. The molecule has 0 saturated carbocycles. The van der Waals surface area contributed by atoms with Gasteiger partial charge in [0.1, 0.15) is 0 Å². The summed E-state index contributed by atoms with van der Waals surface area (Å²) in [5.41, 5.74) is 0. The number of hydrogen-bond acceptors (Lipinski definition) is 1. The van der Waals surface area contributed by atoms with E-state index in [-0.39, 0.29) is 5.48 Å². The molecule has 2 heteroatoms. The quantitative estimate of drug-likeness (QED) is 0.263. The Hall–Kier alpha value is -0.522. The molecule has 25 heavy (non-hydrogen) atoms. The summed E-state index contributed by atoms with van der Waals surface area (Å²) in [6.45, 7) is 4.67. The van der Waals surface area contributed by atoms with Crippen LogP contribution in [0, 0.1) is 0 Å². The maximum atomic E-state index is 2.46. The van der Waals surface area contributed by atoms with Gasteiger partial charge in [0.15, 0.2) is 0 Å². The molecule has 0 aliphatic carbocycles. The molecular formula is C23H37OSb. The number of fused-ring (bicyclic) bond motifs is 1. The van der Waals surface area contributed by atoms with Gasteiger partial charge in [0.25, 0.3) is 0 Å². The minimum Gasteiger partial charge on any atom is -0.870 e. The van der Waals surface area contributed by atoms with E-state index >= 15 is 0 Å². The summed E-state index contributed by atoms with van der Waals surface area (Å²) in [5, 5.41) is 3.00. The van der Waals surface area contributed by atoms with Gasteiger partial charge in [-0.1, -0.05) is 0 Å². The van der Waals surface area contributed by atoms with Gasteiger partial charge in [-0.25, -0.2) is 0 Å². The molecule has 0 heterocycles. The maximum Gasteiger partial charge on any atom is -0.870 e. The van der Waals surface area contributed by atoms with E-state index in [9.17, 15) is 0 Å². The normalized spacial score (nSPS) is 12.1. The van der Waals surface area contributed by atoms with Gasteiger partial charge in [-0.15, -0.1) is 0 Å². The largest absolute Gasteiger partial charge is 0.870 e. The fourth-order valence-electron chi connectivity index (χ4n) is 3.70. The van der Waals surface area contributed by atoms with Crippen LogP contribution in [0.25, 0.3) is 10.8 Å². The molecule has 1 N–H and O–H groups in total. The van der Waals surface area contributed by atoms with Crippen molar-refractivity contribution in [3.8, 4) is 0 Å².